The number of benzene rings is 2. The van der Waals surface area contributed by atoms with Gasteiger partial charge in [-0.25, -0.2) is 4.68 Å². The molecule has 30 heavy (non-hydrogen) atoms. The third-order valence-corrected chi connectivity index (χ3v) is 5.79. The van der Waals surface area contributed by atoms with Crippen molar-refractivity contribution in [3.8, 4) is 22.9 Å². The summed E-state index contributed by atoms with van der Waals surface area (Å²) >= 11 is 11.6. The fourth-order valence-electron chi connectivity index (χ4n) is 3.58. The number of hydrogen-bond donors (Lipinski definition) is 1. The van der Waals surface area contributed by atoms with Crippen molar-refractivity contribution in [1.82, 2.24) is 19.7 Å². The first-order chi connectivity index (χ1) is 14.6. The first kappa shape index (κ1) is 20.7. The maximum atomic E-state index is 6.16. The molecule has 0 aliphatic carbocycles. The molecule has 0 spiro atoms. The minimum absolute atomic E-state index is 0.504. The molecule has 158 valence electrons. The first-order valence-electron chi connectivity index (χ1n) is 9.69. The Labute approximate surface area is 185 Å². The lowest BCUT2D eigenvalue weighted by atomic mass is 10.2. The summed E-state index contributed by atoms with van der Waals surface area (Å²) in [4.78, 5) is 9.24. The number of aromatic amines is 1. The van der Waals surface area contributed by atoms with Gasteiger partial charge in [-0.2, -0.15) is 4.98 Å². The van der Waals surface area contributed by atoms with Gasteiger partial charge in [-0.3, -0.25) is 10.00 Å². The van der Waals surface area contributed by atoms with Crippen LogP contribution in [0.2, 0.25) is 5.02 Å². The van der Waals surface area contributed by atoms with Crippen LogP contribution >= 0.6 is 23.8 Å². The van der Waals surface area contributed by atoms with Crippen molar-refractivity contribution in [1.29, 1.82) is 0 Å². The fraction of sp³-hybridized carbons (Fsp3) is 0.333. The molecule has 0 saturated carbocycles. The molecule has 1 aliphatic heterocycles. The fourth-order valence-corrected chi connectivity index (χ4v) is 3.95. The van der Waals surface area contributed by atoms with Gasteiger partial charge in [0.2, 0.25) is 4.77 Å². The first-order valence-corrected chi connectivity index (χ1v) is 10.5. The number of aromatic nitrogens is 3. The van der Waals surface area contributed by atoms with Gasteiger partial charge in [0, 0.05) is 36.9 Å². The van der Waals surface area contributed by atoms with Gasteiger partial charge in [-0.15, -0.1) is 0 Å². The van der Waals surface area contributed by atoms with Crippen LogP contribution in [0, 0.1) is 4.77 Å². The standard InChI is InChI=1S/C21H24ClN5O2S/c1-28-17-6-4-16(5-7-17)26-11-9-25(10-12-26)14-27-21(30)23-20(24-27)18-13-15(22)3-8-19(18)29-2/h3-8,13H,9-12,14H2,1-2H3,(H,23,24,30). The van der Waals surface area contributed by atoms with E-state index in [1.165, 1.54) is 5.69 Å². The molecule has 0 atom stereocenters. The van der Waals surface area contributed by atoms with Crippen molar-refractivity contribution in [2.24, 2.45) is 0 Å². The zero-order valence-electron chi connectivity index (χ0n) is 17.0. The van der Waals surface area contributed by atoms with Gasteiger partial charge in [-0.1, -0.05) is 11.6 Å². The number of rotatable bonds is 6. The Morgan fingerprint density at radius 2 is 1.77 bits per heavy atom. The van der Waals surface area contributed by atoms with Crippen LogP contribution in [0.5, 0.6) is 11.5 Å². The van der Waals surface area contributed by atoms with Gasteiger partial charge in [0.05, 0.1) is 26.5 Å². The molecule has 1 fully saturated rings. The summed E-state index contributed by atoms with van der Waals surface area (Å²) in [5.41, 5.74) is 2.00. The predicted molar refractivity (Wildman–Crippen MR) is 121 cm³/mol. The average molecular weight is 446 g/mol. The summed E-state index contributed by atoms with van der Waals surface area (Å²) in [6.07, 6.45) is 0. The van der Waals surface area contributed by atoms with Crippen LogP contribution in [0.25, 0.3) is 11.4 Å². The van der Waals surface area contributed by atoms with Crippen LogP contribution in [-0.4, -0.2) is 60.1 Å². The van der Waals surface area contributed by atoms with Crippen LogP contribution in [0.15, 0.2) is 42.5 Å². The summed E-state index contributed by atoms with van der Waals surface area (Å²) in [5, 5.41) is 3.92. The van der Waals surface area contributed by atoms with Gasteiger partial charge < -0.3 is 14.4 Å². The Morgan fingerprint density at radius 3 is 2.43 bits per heavy atom. The summed E-state index contributed by atoms with van der Waals surface area (Å²) in [7, 11) is 3.31. The molecule has 2 aromatic carbocycles. The monoisotopic (exact) mass is 445 g/mol. The Hall–Kier alpha value is -2.55. The lowest BCUT2D eigenvalue weighted by Crippen LogP contribution is -2.46. The summed E-state index contributed by atoms with van der Waals surface area (Å²) < 4.78 is 13.1. The zero-order valence-corrected chi connectivity index (χ0v) is 18.5. The molecule has 0 amide bonds. The molecule has 0 bridgehead atoms. The number of halogens is 1. The van der Waals surface area contributed by atoms with Crippen molar-refractivity contribution in [2.75, 3.05) is 45.3 Å². The molecule has 1 aromatic heterocycles. The van der Waals surface area contributed by atoms with Gasteiger partial charge >= 0.3 is 0 Å². The molecule has 1 N–H and O–H groups in total. The van der Waals surface area contributed by atoms with E-state index >= 15 is 0 Å². The van der Waals surface area contributed by atoms with E-state index in [-0.39, 0.29) is 0 Å². The molecule has 4 rings (SSSR count). The topological polar surface area (TPSA) is 58.5 Å². The zero-order chi connectivity index (χ0) is 21.1. The lowest BCUT2D eigenvalue weighted by Gasteiger charge is -2.36. The minimum Gasteiger partial charge on any atom is -0.497 e. The number of nitrogens with zero attached hydrogens (tertiary/aromatic N) is 4. The number of anilines is 1. The number of methoxy groups -OCH3 is 2. The molecule has 2 heterocycles. The van der Waals surface area contributed by atoms with Crippen molar-refractivity contribution in [2.45, 2.75) is 6.67 Å². The molecule has 9 heteroatoms. The van der Waals surface area contributed by atoms with E-state index in [1.54, 1.807) is 20.3 Å². The van der Waals surface area contributed by atoms with E-state index < -0.39 is 0 Å². The van der Waals surface area contributed by atoms with E-state index in [0.717, 1.165) is 37.5 Å². The number of piperazine rings is 1. The van der Waals surface area contributed by atoms with Crippen LogP contribution in [0.3, 0.4) is 0 Å². The van der Waals surface area contributed by atoms with Crippen molar-refractivity contribution in [3.63, 3.8) is 0 Å². The Balaban J connectivity index is 1.42. The lowest BCUT2D eigenvalue weighted by molar-refractivity contribution is 0.194. The van der Waals surface area contributed by atoms with Gasteiger partial charge in [0.25, 0.3) is 0 Å². The summed E-state index contributed by atoms with van der Waals surface area (Å²) in [6, 6.07) is 13.6. The molecule has 0 unspecified atom stereocenters. The van der Waals surface area contributed by atoms with Crippen LogP contribution in [0.1, 0.15) is 0 Å². The van der Waals surface area contributed by atoms with Crippen LogP contribution in [-0.2, 0) is 6.67 Å². The smallest absolute Gasteiger partial charge is 0.217 e. The number of hydrogen-bond acceptors (Lipinski definition) is 6. The highest BCUT2D eigenvalue weighted by atomic mass is 35.5. The number of ether oxygens (including phenoxy) is 2. The second-order valence-electron chi connectivity index (χ2n) is 7.07. The van der Waals surface area contributed by atoms with Gasteiger partial charge in [-0.05, 0) is 54.7 Å². The third-order valence-electron chi connectivity index (χ3n) is 5.25. The van der Waals surface area contributed by atoms with E-state index in [9.17, 15) is 0 Å². The quantitative estimate of drug-likeness (QED) is 0.577. The van der Waals surface area contributed by atoms with Crippen LogP contribution < -0.4 is 14.4 Å². The Kier molecular flexibility index (Phi) is 6.26. The molecule has 7 nitrogen and oxygen atoms in total. The van der Waals surface area contributed by atoms with E-state index in [2.05, 4.69) is 32.0 Å². The highest BCUT2D eigenvalue weighted by molar-refractivity contribution is 7.71. The molecular weight excluding hydrogens is 422 g/mol. The highest BCUT2D eigenvalue weighted by Crippen LogP contribution is 2.30. The normalized spacial score (nSPS) is 14.7. The molecule has 1 aliphatic rings. The summed E-state index contributed by atoms with van der Waals surface area (Å²) in [6.45, 7) is 4.42. The van der Waals surface area contributed by atoms with Gasteiger partial charge in [0.1, 0.15) is 11.5 Å². The van der Waals surface area contributed by atoms with E-state index in [4.69, 9.17) is 33.3 Å². The molecular formula is C21H24ClN5O2S. The van der Waals surface area contributed by atoms with Crippen LogP contribution in [0.4, 0.5) is 5.69 Å². The van der Waals surface area contributed by atoms with Crippen molar-refractivity contribution >= 4 is 29.5 Å². The number of H-pyrrole nitrogens is 1. The maximum Gasteiger partial charge on any atom is 0.217 e. The molecule has 0 radical (unpaired) electrons. The van der Waals surface area contributed by atoms with E-state index in [0.29, 0.717) is 28.0 Å². The average Bonchev–Trinajstić information content (AvgIpc) is 3.14. The number of nitrogens with one attached hydrogen (secondary N) is 1. The Morgan fingerprint density at radius 1 is 1.03 bits per heavy atom. The van der Waals surface area contributed by atoms with Crippen molar-refractivity contribution in [3.05, 3.63) is 52.3 Å². The van der Waals surface area contributed by atoms with E-state index in [1.807, 2.05) is 28.9 Å². The largest absolute Gasteiger partial charge is 0.497 e. The Bertz CT molecular complexity index is 1060. The highest BCUT2D eigenvalue weighted by Gasteiger charge is 2.19. The third kappa shape index (κ3) is 4.45. The molecule has 1 saturated heterocycles. The molecule has 3 aromatic rings. The second kappa shape index (κ2) is 9.07. The predicted octanol–water partition coefficient (Wildman–Crippen LogP) is 4.06. The maximum absolute atomic E-state index is 6.16. The summed E-state index contributed by atoms with van der Waals surface area (Å²) in [5.74, 6) is 2.22. The SMILES string of the molecule is COc1ccc(N2CCN(Cn3[nH]c(-c4cc(Cl)ccc4OC)nc3=S)CC2)cc1. The second-order valence-corrected chi connectivity index (χ2v) is 7.87. The minimum atomic E-state index is 0.504. The van der Waals surface area contributed by atoms with Crippen molar-refractivity contribution < 1.29 is 9.47 Å². The van der Waals surface area contributed by atoms with Gasteiger partial charge in [0.15, 0.2) is 5.82 Å².